The number of H-pyrrole nitrogens is 1. The molecule has 76 valence electrons. The highest BCUT2D eigenvalue weighted by Gasteiger charge is 2.03. The zero-order valence-electron chi connectivity index (χ0n) is 7.77. The molecule has 1 N–H and O–H groups in total. The molecule has 0 atom stereocenters. The summed E-state index contributed by atoms with van der Waals surface area (Å²) in [4.78, 5) is 23.4. The monoisotopic (exact) mass is 204 g/mol. The lowest BCUT2D eigenvalue weighted by atomic mass is 10.1. The Morgan fingerprint density at radius 1 is 1.33 bits per heavy atom. The van der Waals surface area contributed by atoms with Gasteiger partial charge in [-0.3, -0.25) is 9.51 Å². The molecule has 0 fully saturated rings. The van der Waals surface area contributed by atoms with E-state index in [9.17, 15) is 9.59 Å². The van der Waals surface area contributed by atoms with Crippen LogP contribution >= 0.6 is 0 Å². The van der Waals surface area contributed by atoms with Crippen LogP contribution in [0.2, 0.25) is 0 Å². The second-order valence-electron chi connectivity index (χ2n) is 3.01. The first-order valence-electron chi connectivity index (χ1n) is 4.38. The molecule has 2 aromatic rings. The van der Waals surface area contributed by atoms with Crippen molar-refractivity contribution in [2.24, 2.45) is 0 Å². The minimum absolute atomic E-state index is 0.385. The number of carbonyl (C=O) groups is 1. The van der Waals surface area contributed by atoms with E-state index in [1.165, 1.54) is 0 Å². The molecule has 0 unspecified atom stereocenters. The van der Waals surface area contributed by atoms with E-state index in [1.807, 2.05) is 0 Å². The SMILES string of the molecule is O=CCc1ccc(-c2noc(=O)[nH]2)cc1. The number of rotatable bonds is 3. The van der Waals surface area contributed by atoms with Gasteiger partial charge in [0.15, 0.2) is 5.82 Å². The van der Waals surface area contributed by atoms with Crippen molar-refractivity contribution in [3.05, 3.63) is 40.4 Å². The third-order valence-corrected chi connectivity index (χ3v) is 1.99. The first kappa shape index (κ1) is 9.39. The maximum atomic E-state index is 10.7. The summed E-state index contributed by atoms with van der Waals surface area (Å²) in [6.07, 6.45) is 1.22. The first-order chi connectivity index (χ1) is 7.29. The van der Waals surface area contributed by atoms with E-state index in [0.717, 1.165) is 17.4 Å². The second-order valence-corrected chi connectivity index (χ2v) is 3.01. The maximum absolute atomic E-state index is 10.7. The molecule has 0 bridgehead atoms. The third-order valence-electron chi connectivity index (χ3n) is 1.99. The molecule has 1 aromatic carbocycles. The average Bonchev–Trinajstić information content (AvgIpc) is 2.67. The van der Waals surface area contributed by atoms with Gasteiger partial charge in [-0.05, 0) is 5.56 Å². The van der Waals surface area contributed by atoms with E-state index in [-0.39, 0.29) is 0 Å². The molecule has 0 amide bonds. The highest BCUT2D eigenvalue weighted by molar-refractivity contribution is 5.58. The zero-order valence-corrected chi connectivity index (χ0v) is 7.77. The fourth-order valence-electron chi connectivity index (χ4n) is 1.25. The quantitative estimate of drug-likeness (QED) is 0.749. The highest BCUT2D eigenvalue weighted by Crippen LogP contribution is 2.13. The molecular weight excluding hydrogens is 196 g/mol. The van der Waals surface area contributed by atoms with Crippen molar-refractivity contribution in [1.82, 2.24) is 10.1 Å². The van der Waals surface area contributed by atoms with Crippen LogP contribution in [-0.4, -0.2) is 16.4 Å². The lowest BCUT2D eigenvalue weighted by molar-refractivity contribution is -0.107. The van der Waals surface area contributed by atoms with Crippen LogP contribution < -0.4 is 5.76 Å². The Hall–Kier alpha value is -2.17. The Kier molecular flexibility index (Phi) is 2.45. The highest BCUT2D eigenvalue weighted by atomic mass is 16.5. The lowest BCUT2D eigenvalue weighted by Gasteiger charge is -1.96. The summed E-state index contributed by atoms with van der Waals surface area (Å²) in [5.74, 6) is -0.195. The number of nitrogens with zero attached hydrogens (tertiary/aromatic N) is 1. The van der Waals surface area contributed by atoms with Gasteiger partial charge in [-0.2, -0.15) is 0 Å². The van der Waals surface area contributed by atoms with Crippen molar-refractivity contribution in [2.75, 3.05) is 0 Å². The van der Waals surface area contributed by atoms with Crippen molar-refractivity contribution in [1.29, 1.82) is 0 Å². The van der Waals surface area contributed by atoms with Crippen molar-refractivity contribution < 1.29 is 9.32 Å². The van der Waals surface area contributed by atoms with Gasteiger partial charge in [0.1, 0.15) is 6.29 Å². The standard InChI is InChI=1S/C10H8N2O3/c13-6-5-7-1-3-8(4-2-7)9-11-10(14)15-12-9/h1-4,6H,5H2,(H,11,12,14). The summed E-state index contributed by atoms with van der Waals surface area (Å²) in [6, 6.07) is 7.15. The van der Waals surface area contributed by atoms with Crippen molar-refractivity contribution >= 4 is 6.29 Å². The van der Waals surface area contributed by atoms with Gasteiger partial charge in [-0.1, -0.05) is 29.4 Å². The zero-order chi connectivity index (χ0) is 10.7. The van der Waals surface area contributed by atoms with Crippen LogP contribution in [0.1, 0.15) is 5.56 Å². The summed E-state index contributed by atoms with van der Waals surface area (Å²) in [7, 11) is 0. The molecule has 0 aliphatic carbocycles. The van der Waals surface area contributed by atoms with Gasteiger partial charge in [0.05, 0.1) is 0 Å². The van der Waals surface area contributed by atoms with Gasteiger partial charge in [0.2, 0.25) is 0 Å². The Balaban J connectivity index is 2.31. The number of benzene rings is 1. The largest absolute Gasteiger partial charge is 0.439 e. The number of nitrogens with one attached hydrogen (secondary N) is 1. The molecule has 0 saturated heterocycles. The molecule has 0 spiro atoms. The Bertz CT molecular complexity index is 510. The molecule has 2 rings (SSSR count). The number of hydrogen-bond donors (Lipinski definition) is 1. The molecule has 15 heavy (non-hydrogen) atoms. The molecular formula is C10H8N2O3. The van der Waals surface area contributed by atoms with Gasteiger partial charge >= 0.3 is 5.76 Å². The first-order valence-corrected chi connectivity index (χ1v) is 4.38. The summed E-state index contributed by atoms with van der Waals surface area (Å²) in [6.45, 7) is 0. The van der Waals surface area contributed by atoms with Gasteiger partial charge in [0.25, 0.3) is 0 Å². The Labute approximate surface area is 84.7 Å². The van der Waals surface area contributed by atoms with E-state index in [1.54, 1.807) is 24.3 Å². The summed E-state index contributed by atoms with van der Waals surface area (Å²) in [5, 5.41) is 3.55. The van der Waals surface area contributed by atoms with Crippen molar-refractivity contribution in [3.63, 3.8) is 0 Å². The number of hydrogen-bond acceptors (Lipinski definition) is 4. The van der Waals surface area contributed by atoms with Crippen LogP contribution in [0.4, 0.5) is 0 Å². The van der Waals surface area contributed by atoms with Gasteiger partial charge in [-0.25, -0.2) is 4.79 Å². The molecule has 5 heteroatoms. The number of aromatic amines is 1. The summed E-state index contributed by atoms with van der Waals surface area (Å²) >= 11 is 0. The Morgan fingerprint density at radius 2 is 2.07 bits per heavy atom. The predicted molar refractivity (Wildman–Crippen MR) is 52.3 cm³/mol. The average molecular weight is 204 g/mol. The van der Waals surface area contributed by atoms with E-state index in [4.69, 9.17) is 0 Å². The summed E-state index contributed by atoms with van der Waals surface area (Å²) < 4.78 is 4.38. The minimum atomic E-state index is -0.582. The van der Waals surface area contributed by atoms with Gasteiger partial charge < -0.3 is 4.79 Å². The van der Waals surface area contributed by atoms with Crippen molar-refractivity contribution in [2.45, 2.75) is 6.42 Å². The van der Waals surface area contributed by atoms with Crippen LogP contribution in [0.15, 0.2) is 33.6 Å². The molecule has 0 aliphatic heterocycles. The predicted octanol–water partition coefficient (Wildman–Crippen LogP) is 0.771. The van der Waals surface area contributed by atoms with Crippen LogP contribution in [0.25, 0.3) is 11.4 Å². The lowest BCUT2D eigenvalue weighted by Crippen LogP contribution is -1.94. The normalized spacial score (nSPS) is 10.1. The topological polar surface area (TPSA) is 76.0 Å². The van der Waals surface area contributed by atoms with E-state index < -0.39 is 5.76 Å². The fraction of sp³-hybridized carbons (Fsp3) is 0.100. The van der Waals surface area contributed by atoms with E-state index in [0.29, 0.717) is 12.2 Å². The van der Waals surface area contributed by atoms with E-state index in [2.05, 4.69) is 14.7 Å². The Morgan fingerprint density at radius 3 is 2.60 bits per heavy atom. The van der Waals surface area contributed by atoms with Gasteiger partial charge in [-0.15, -0.1) is 0 Å². The van der Waals surface area contributed by atoms with Crippen LogP contribution in [0.3, 0.4) is 0 Å². The molecule has 0 aliphatic rings. The fourth-order valence-corrected chi connectivity index (χ4v) is 1.25. The van der Waals surface area contributed by atoms with E-state index >= 15 is 0 Å². The van der Waals surface area contributed by atoms with Crippen LogP contribution in [0, 0.1) is 0 Å². The molecule has 1 heterocycles. The van der Waals surface area contributed by atoms with Crippen LogP contribution in [-0.2, 0) is 11.2 Å². The number of aromatic nitrogens is 2. The summed E-state index contributed by atoms with van der Waals surface area (Å²) in [5.41, 5.74) is 1.66. The van der Waals surface area contributed by atoms with Crippen LogP contribution in [0.5, 0.6) is 0 Å². The second kappa shape index (κ2) is 3.91. The molecule has 0 saturated carbocycles. The molecule has 0 radical (unpaired) electrons. The molecule has 5 nitrogen and oxygen atoms in total. The third kappa shape index (κ3) is 2.01. The number of aldehydes is 1. The molecule has 1 aromatic heterocycles. The van der Waals surface area contributed by atoms with Gasteiger partial charge in [0, 0.05) is 12.0 Å². The smallest absolute Gasteiger partial charge is 0.303 e. The minimum Gasteiger partial charge on any atom is -0.303 e. The number of carbonyl (C=O) groups excluding carboxylic acids is 1. The maximum Gasteiger partial charge on any atom is 0.439 e. The van der Waals surface area contributed by atoms with Crippen molar-refractivity contribution in [3.8, 4) is 11.4 Å².